The molecule has 9 heteroatoms. The Morgan fingerprint density at radius 3 is 2.76 bits per heavy atom. The van der Waals surface area contributed by atoms with Crippen LogP contribution in [0.2, 0.25) is 0 Å². The molecule has 3 aromatic rings. The van der Waals surface area contributed by atoms with Gasteiger partial charge in [-0.15, -0.1) is 5.10 Å². The highest BCUT2D eigenvalue weighted by atomic mass is 32.2. The second kappa shape index (κ2) is 5.62. The van der Waals surface area contributed by atoms with Crippen molar-refractivity contribution >= 4 is 29.1 Å². The molecule has 2 aromatic heterocycles. The number of thiazole rings is 1. The Labute approximate surface area is 127 Å². The van der Waals surface area contributed by atoms with E-state index in [0.29, 0.717) is 15.2 Å². The van der Waals surface area contributed by atoms with Crippen molar-refractivity contribution in [2.24, 2.45) is 0 Å². The molecular weight excluding hydrogens is 310 g/mol. The van der Waals surface area contributed by atoms with Crippen molar-refractivity contribution in [1.82, 2.24) is 25.2 Å². The van der Waals surface area contributed by atoms with Gasteiger partial charge in [0.05, 0.1) is 11.4 Å². The van der Waals surface area contributed by atoms with E-state index in [1.807, 2.05) is 30.3 Å². The molecule has 2 heterocycles. The van der Waals surface area contributed by atoms with Crippen LogP contribution in [0.4, 0.5) is 0 Å². The van der Waals surface area contributed by atoms with Crippen molar-refractivity contribution in [1.29, 1.82) is 0 Å². The third-order valence-electron chi connectivity index (χ3n) is 2.59. The van der Waals surface area contributed by atoms with Crippen LogP contribution in [0, 0.1) is 6.92 Å². The molecule has 1 aromatic carbocycles. The Kier molecular flexibility index (Phi) is 3.67. The number of hydrogen-bond acceptors (Lipinski definition) is 7. The fourth-order valence-electron chi connectivity index (χ4n) is 1.67. The minimum Gasteiger partial charge on any atom is -0.477 e. The molecule has 0 amide bonds. The third kappa shape index (κ3) is 2.78. The number of para-hydroxylation sites is 1. The lowest BCUT2D eigenvalue weighted by Crippen LogP contribution is -1.98. The average Bonchev–Trinajstić information content (AvgIpc) is 3.07. The first-order chi connectivity index (χ1) is 10.1. The van der Waals surface area contributed by atoms with Crippen LogP contribution < -0.4 is 0 Å². The molecule has 0 saturated carbocycles. The Morgan fingerprint density at radius 1 is 1.33 bits per heavy atom. The largest absolute Gasteiger partial charge is 0.477 e. The van der Waals surface area contributed by atoms with Gasteiger partial charge >= 0.3 is 5.97 Å². The van der Waals surface area contributed by atoms with Crippen LogP contribution in [0.1, 0.15) is 15.4 Å². The summed E-state index contributed by atoms with van der Waals surface area (Å²) < 4.78 is 2.18. The van der Waals surface area contributed by atoms with Gasteiger partial charge in [0.1, 0.15) is 4.88 Å². The molecule has 0 spiro atoms. The maximum atomic E-state index is 11.0. The highest BCUT2D eigenvalue weighted by molar-refractivity contribution is 8.00. The number of carboxylic acid groups (broad SMARTS) is 1. The summed E-state index contributed by atoms with van der Waals surface area (Å²) in [6, 6.07) is 9.46. The van der Waals surface area contributed by atoms with E-state index in [0.717, 1.165) is 17.0 Å². The molecule has 0 atom stereocenters. The highest BCUT2D eigenvalue weighted by Crippen LogP contribution is 2.32. The van der Waals surface area contributed by atoms with Gasteiger partial charge in [0.15, 0.2) is 4.34 Å². The molecule has 3 rings (SSSR count). The number of aromatic nitrogens is 5. The summed E-state index contributed by atoms with van der Waals surface area (Å²) in [5.74, 6) is -0.973. The van der Waals surface area contributed by atoms with Crippen LogP contribution in [0.5, 0.6) is 0 Å². The van der Waals surface area contributed by atoms with Crippen LogP contribution in [0.25, 0.3) is 5.69 Å². The lowest BCUT2D eigenvalue weighted by Gasteiger charge is -2.01. The minimum absolute atomic E-state index is 0.233. The first-order valence-electron chi connectivity index (χ1n) is 5.87. The molecule has 1 N–H and O–H groups in total. The molecule has 21 heavy (non-hydrogen) atoms. The fourth-order valence-corrected chi connectivity index (χ4v) is 3.59. The molecule has 0 unspecified atom stereocenters. The van der Waals surface area contributed by atoms with E-state index in [4.69, 9.17) is 5.11 Å². The summed E-state index contributed by atoms with van der Waals surface area (Å²) >= 11 is 2.35. The molecule has 0 aliphatic rings. The number of aromatic carboxylic acids is 1. The van der Waals surface area contributed by atoms with E-state index in [1.54, 1.807) is 11.6 Å². The molecule has 7 nitrogen and oxygen atoms in total. The topological polar surface area (TPSA) is 93.8 Å². The molecular formula is C12H9N5O2S2. The molecule has 0 radical (unpaired) electrons. The summed E-state index contributed by atoms with van der Waals surface area (Å²) in [5, 5.41) is 21.1. The molecule has 0 saturated heterocycles. The van der Waals surface area contributed by atoms with E-state index in [1.165, 1.54) is 11.8 Å². The SMILES string of the molecule is Cc1nc(Sc2nnnn2-c2ccccc2)sc1C(=O)O. The lowest BCUT2D eigenvalue weighted by atomic mass is 10.3. The second-order valence-corrected chi connectivity index (χ2v) is 6.22. The minimum atomic E-state index is -0.973. The first kappa shape index (κ1) is 13.7. The fraction of sp³-hybridized carbons (Fsp3) is 0.0833. The second-order valence-electron chi connectivity index (χ2n) is 4.01. The maximum absolute atomic E-state index is 11.0. The van der Waals surface area contributed by atoms with Gasteiger partial charge in [-0.2, -0.15) is 4.68 Å². The normalized spacial score (nSPS) is 10.7. The van der Waals surface area contributed by atoms with Crippen LogP contribution in [-0.2, 0) is 0 Å². The van der Waals surface area contributed by atoms with Crippen LogP contribution >= 0.6 is 23.1 Å². The van der Waals surface area contributed by atoms with Crippen LogP contribution in [0.3, 0.4) is 0 Å². The Balaban J connectivity index is 1.92. The average molecular weight is 319 g/mol. The quantitative estimate of drug-likeness (QED) is 0.788. The Bertz CT molecular complexity index is 784. The summed E-state index contributed by atoms with van der Waals surface area (Å²) in [6.45, 7) is 1.67. The number of aryl methyl sites for hydroxylation is 1. The van der Waals surface area contributed by atoms with Gasteiger partial charge in [-0.05, 0) is 41.2 Å². The zero-order chi connectivity index (χ0) is 14.8. The van der Waals surface area contributed by atoms with E-state index in [-0.39, 0.29) is 4.88 Å². The monoisotopic (exact) mass is 319 g/mol. The van der Waals surface area contributed by atoms with Gasteiger partial charge in [0.25, 0.3) is 0 Å². The predicted octanol–water partition coefficient (Wildman–Crippen LogP) is 2.28. The van der Waals surface area contributed by atoms with Gasteiger partial charge < -0.3 is 5.11 Å². The predicted molar refractivity (Wildman–Crippen MR) is 77.1 cm³/mol. The van der Waals surface area contributed by atoms with E-state index >= 15 is 0 Å². The zero-order valence-electron chi connectivity index (χ0n) is 10.8. The smallest absolute Gasteiger partial charge is 0.347 e. The van der Waals surface area contributed by atoms with E-state index in [9.17, 15) is 4.79 Å². The Hall–Kier alpha value is -2.26. The maximum Gasteiger partial charge on any atom is 0.347 e. The number of benzene rings is 1. The van der Waals surface area contributed by atoms with Crippen molar-refractivity contribution in [2.75, 3.05) is 0 Å². The molecule has 0 bridgehead atoms. The zero-order valence-corrected chi connectivity index (χ0v) is 12.4. The van der Waals surface area contributed by atoms with Crippen molar-refractivity contribution < 1.29 is 9.90 Å². The lowest BCUT2D eigenvalue weighted by molar-refractivity contribution is 0.0701. The van der Waals surface area contributed by atoms with Crippen molar-refractivity contribution in [3.8, 4) is 5.69 Å². The van der Waals surface area contributed by atoms with Crippen LogP contribution in [-0.4, -0.2) is 36.3 Å². The number of nitrogens with zero attached hydrogens (tertiary/aromatic N) is 5. The van der Waals surface area contributed by atoms with E-state index < -0.39 is 5.97 Å². The molecule has 0 aliphatic carbocycles. The summed E-state index contributed by atoms with van der Waals surface area (Å²) in [4.78, 5) is 15.5. The molecule has 106 valence electrons. The number of hydrogen-bond donors (Lipinski definition) is 1. The first-order valence-corrected chi connectivity index (χ1v) is 7.51. The van der Waals surface area contributed by atoms with Gasteiger partial charge in [0, 0.05) is 0 Å². The van der Waals surface area contributed by atoms with Crippen molar-refractivity contribution in [2.45, 2.75) is 16.4 Å². The summed E-state index contributed by atoms with van der Waals surface area (Å²) in [6.07, 6.45) is 0. The van der Waals surface area contributed by atoms with Gasteiger partial charge in [-0.25, -0.2) is 9.78 Å². The number of carboxylic acids is 1. The third-order valence-corrected chi connectivity index (χ3v) is 4.73. The summed E-state index contributed by atoms with van der Waals surface area (Å²) in [5.41, 5.74) is 1.32. The summed E-state index contributed by atoms with van der Waals surface area (Å²) in [7, 11) is 0. The van der Waals surface area contributed by atoms with E-state index in [2.05, 4.69) is 20.5 Å². The van der Waals surface area contributed by atoms with Gasteiger partial charge in [-0.3, -0.25) is 0 Å². The van der Waals surface area contributed by atoms with Crippen molar-refractivity contribution in [3.05, 3.63) is 40.9 Å². The molecule has 0 fully saturated rings. The highest BCUT2D eigenvalue weighted by Gasteiger charge is 2.17. The standard InChI is InChI=1S/C12H9N5O2S2/c1-7-9(10(18)19)20-12(13-7)21-11-14-15-16-17(11)8-5-3-2-4-6-8/h2-6H,1H3,(H,18,19). The number of carbonyl (C=O) groups is 1. The molecule has 0 aliphatic heterocycles. The van der Waals surface area contributed by atoms with Gasteiger partial charge in [0.2, 0.25) is 5.16 Å². The Morgan fingerprint density at radius 2 is 2.10 bits per heavy atom. The van der Waals surface area contributed by atoms with Crippen LogP contribution in [0.15, 0.2) is 39.8 Å². The number of tetrazole rings is 1. The number of rotatable bonds is 4. The van der Waals surface area contributed by atoms with Crippen molar-refractivity contribution in [3.63, 3.8) is 0 Å². The van der Waals surface area contributed by atoms with Gasteiger partial charge in [-0.1, -0.05) is 29.5 Å².